The van der Waals surface area contributed by atoms with Crippen molar-refractivity contribution in [1.29, 1.82) is 5.26 Å². The lowest BCUT2D eigenvalue weighted by Gasteiger charge is -2.14. The van der Waals surface area contributed by atoms with Crippen LogP contribution >= 0.6 is 0 Å². The van der Waals surface area contributed by atoms with E-state index >= 15 is 0 Å². The van der Waals surface area contributed by atoms with Gasteiger partial charge in [0, 0.05) is 23.5 Å². The molecular weight excluding hydrogens is 381 g/mol. The van der Waals surface area contributed by atoms with Crippen LogP contribution in [0, 0.1) is 17.1 Å². The lowest BCUT2D eigenvalue weighted by molar-refractivity contribution is -0.121. The molecule has 4 rings (SSSR count). The van der Waals surface area contributed by atoms with Gasteiger partial charge in [-0.15, -0.1) is 0 Å². The van der Waals surface area contributed by atoms with Crippen LogP contribution in [0.1, 0.15) is 46.6 Å². The maximum absolute atomic E-state index is 13.1. The van der Waals surface area contributed by atoms with E-state index in [9.17, 15) is 9.18 Å². The Morgan fingerprint density at radius 3 is 2.80 bits per heavy atom. The minimum absolute atomic E-state index is 0.141. The van der Waals surface area contributed by atoms with Crippen LogP contribution < -0.4 is 5.32 Å². The predicted molar refractivity (Wildman–Crippen MR) is 109 cm³/mol. The van der Waals surface area contributed by atoms with Gasteiger partial charge < -0.3 is 5.32 Å². The summed E-state index contributed by atoms with van der Waals surface area (Å²) < 4.78 is 13.1. The predicted octanol–water partition coefficient (Wildman–Crippen LogP) is 3.26. The van der Waals surface area contributed by atoms with Gasteiger partial charge in [-0.25, -0.2) is 9.37 Å². The highest BCUT2D eigenvalue weighted by Gasteiger charge is 2.20. The van der Waals surface area contributed by atoms with Gasteiger partial charge in [0.25, 0.3) is 0 Å². The fraction of sp³-hybridized carbons (Fsp3) is 0.174. The molecule has 0 spiro atoms. The van der Waals surface area contributed by atoms with E-state index in [1.54, 1.807) is 30.6 Å². The highest BCUT2D eigenvalue weighted by Crippen LogP contribution is 2.23. The molecule has 1 aromatic carbocycles. The van der Waals surface area contributed by atoms with Crippen LogP contribution in [0.25, 0.3) is 0 Å². The van der Waals surface area contributed by atoms with E-state index in [1.807, 2.05) is 25.1 Å². The molecule has 1 aliphatic rings. The van der Waals surface area contributed by atoms with E-state index in [-0.39, 0.29) is 24.2 Å². The van der Waals surface area contributed by atoms with Crippen LogP contribution in [0.2, 0.25) is 0 Å². The van der Waals surface area contributed by atoms with E-state index in [1.165, 1.54) is 12.1 Å². The van der Waals surface area contributed by atoms with Crippen molar-refractivity contribution < 1.29 is 9.18 Å². The highest BCUT2D eigenvalue weighted by atomic mass is 19.1. The van der Waals surface area contributed by atoms with Crippen molar-refractivity contribution >= 4 is 11.6 Å². The van der Waals surface area contributed by atoms with Gasteiger partial charge in [0.1, 0.15) is 17.6 Å². The molecule has 1 aliphatic heterocycles. The molecule has 0 aliphatic carbocycles. The number of pyridine rings is 2. The molecule has 30 heavy (non-hydrogen) atoms. The first-order valence-electron chi connectivity index (χ1n) is 9.47. The molecule has 7 heteroatoms. The summed E-state index contributed by atoms with van der Waals surface area (Å²) in [5.41, 5.74) is 5.30. The maximum Gasteiger partial charge on any atom is 0.226 e. The van der Waals surface area contributed by atoms with Crippen molar-refractivity contribution in [2.24, 2.45) is 4.99 Å². The Morgan fingerprint density at radius 1 is 1.23 bits per heavy atom. The molecule has 0 saturated heterocycles. The summed E-state index contributed by atoms with van der Waals surface area (Å²) in [6.45, 7) is 2.35. The van der Waals surface area contributed by atoms with Gasteiger partial charge in [-0.1, -0.05) is 12.1 Å². The number of carbonyl (C=O) groups is 1. The molecule has 0 bridgehead atoms. The molecule has 1 amide bonds. The van der Waals surface area contributed by atoms with E-state index in [0.29, 0.717) is 17.9 Å². The molecule has 0 unspecified atom stereocenters. The number of benzene rings is 1. The molecule has 1 N–H and O–H groups in total. The number of carbonyl (C=O) groups excluding carboxylic acids is 1. The zero-order chi connectivity index (χ0) is 21.1. The molecule has 2 aromatic heterocycles. The van der Waals surface area contributed by atoms with Crippen molar-refractivity contribution in [2.45, 2.75) is 25.9 Å². The van der Waals surface area contributed by atoms with Gasteiger partial charge in [-0.2, -0.15) is 5.26 Å². The smallest absolute Gasteiger partial charge is 0.226 e. The van der Waals surface area contributed by atoms with E-state index in [2.05, 4.69) is 20.3 Å². The van der Waals surface area contributed by atoms with Crippen molar-refractivity contribution in [3.63, 3.8) is 0 Å². The first kappa shape index (κ1) is 19.4. The second-order valence-corrected chi connectivity index (χ2v) is 7.06. The number of aliphatic imine (C=N–C) groups is 1. The van der Waals surface area contributed by atoms with Gasteiger partial charge in [0.05, 0.1) is 30.4 Å². The fourth-order valence-electron chi connectivity index (χ4n) is 3.41. The lowest BCUT2D eigenvalue weighted by atomic mass is 10.0. The molecular formula is C23H18FN5O. The molecule has 6 nitrogen and oxygen atoms in total. The second-order valence-electron chi connectivity index (χ2n) is 7.06. The third-order valence-electron chi connectivity index (χ3n) is 4.95. The summed E-state index contributed by atoms with van der Waals surface area (Å²) in [7, 11) is 0. The summed E-state index contributed by atoms with van der Waals surface area (Å²) in [6.07, 6.45) is 3.45. The topological polar surface area (TPSA) is 91.0 Å². The average molecular weight is 399 g/mol. The summed E-state index contributed by atoms with van der Waals surface area (Å²) in [4.78, 5) is 25.4. The Kier molecular flexibility index (Phi) is 5.31. The van der Waals surface area contributed by atoms with Crippen LogP contribution in [0.5, 0.6) is 0 Å². The summed E-state index contributed by atoms with van der Waals surface area (Å²) in [5, 5.41) is 12.0. The van der Waals surface area contributed by atoms with Crippen LogP contribution in [-0.4, -0.2) is 21.6 Å². The molecule has 3 aromatic rings. The zero-order valence-corrected chi connectivity index (χ0v) is 16.3. The van der Waals surface area contributed by atoms with Crippen LogP contribution in [-0.2, 0) is 17.8 Å². The average Bonchev–Trinajstić information content (AvgIpc) is 3.17. The Hall–Kier alpha value is -3.92. The monoisotopic (exact) mass is 399 g/mol. The molecule has 1 atom stereocenters. The number of fused-ring (bicyclic) bond motifs is 1. The number of nitrogens with one attached hydrogen (secondary N) is 1. The van der Waals surface area contributed by atoms with Crippen LogP contribution in [0.3, 0.4) is 0 Å². The van der Waals surface area contributed by atoms with Gasteiger partial charge in [-0.3, -0.25) is 14.8 Å². The normalized spacial score (nSPS) is 13.2. The first-order chi connectivity index (χ1) is 14.5. The molecule has 3 heterocycles. The molecule has 0 radical (unpaired) electrons. The van der Waals surface area contributed by atoms with Gasteiger partial charge >= 0.3 is 0 Å². The quantitative estimate of drug-likeness (QED) is 0.713. The third kappa shape index (κ3) is 4.08. The maximum atomic E-state index is 13.1. The molecule has 148 valence electrons. The molecule has 0 saturated carbocycles. The number of halogens is 1. The Morgan fingerprint density at radius 2 is 2.03 bits per heavy atom. The second kappa shape index (κ2) is 8.21. The zero-order valence-electron chi connectivity index (χ0n) is 16.3. The number of rotatable bonds is 5. The van der Waals surface area contributed by atoms with Gasteiger partial charge in [0.15, 0.2) is 0 Å². The van der Waals surface area contributed by atoms with Crippen molar-refractivity contribution in [2.75, 3.05) is 0 Å². The van der Waals surface area contributed by atoms with Crippen LogP contribution in [0.15, 0.2) is 59.9 Å². The van der Waals surface area contributed by atoms with Crippen molar-refractivity contribution in [1.82, 2.24) is 15.3 Å². The summed E-state index contributed by atoms with van der Waals surface area (Å²) in [6, 6.07) is 13.3. The minimum atomic E-state index is -0.309. The number of amides is 1. The first-order valence-corrected chi connectivity index (χ1v) is 9.47. The Balaban J connectivity index is 1.44. The summed E-state index contributed by atoms with van der Waals surface area (Å²) in [5.74, 6) is -0.469. The lowest BCUT2D eigenvalue weighted by Crippen LogP contribution is -2.28. The van der Waals surface area contributed by atoms with E-state index in [0.717, 1.165) is 28.0 Å². The van der Waals surface area contributed by atoms with Crippen molar-refractivity contribution in [3.05, 3.63) is 94.3 Å². The number of hydrogen-bond donors (Lipinski definition) is 1. The minimum Gasteiger partial charge on any atom is -0.349 e. The largest absolute Gasteiger partial charge is 0.349 e. The number of nitriles is 1. The Labute approximate surface area is 173 Å². The van der Waals surface area contributed by atoms with Gasteiger partial charge in [0.2, 0.25) is 5.91 Å². The Bertz CT molecular complexity index is 1180. The van der Waals surface area contributed by atoms with E-state index in [4.69, 9.17) is 5.26 Å². The number of nitrogens with zero attached hydrogens (tertiary/aromatic N) is 4. The number of hydrogen-bond acceptors (Lipinski definition) is 5. The van der Waals surface area contributed by atoms with E-state index < -0.39 is 0 Å². The standard InChI is InChI=1S/C23H18FN5O/c1-14(15-2-4-18(24)5-3-15)29-22(30)10-19-9-17-12-28-23(21(17)13-27-19)16-6-7-26-20(8-16)11-25/h2-9,13-14H,10,12H2,1H3,(H,29,30)/t14-/m1/s1. The third-order valence-corrected chi connectivity index (χ3v) is 4.95. The fourth-order valence-corrected chi connectivity index (χ4v) is 3.41. The van der Waals surface area contributed by atoms with Crippen LogP contribution in [0.4, 0.5) is 4.39 Å². The number of aromatic nitrogens is 2. The van der Waals surface area contributed by atoms with Gasteiger partial charge in [-0.05, 0) is 48.4 Å². The molecule has 0 fully saturated rings. The van der Waals surface area contributed by atoms with Crippen molar-refractivity contribution in [3.8, 4) is 6.07 Å². The SMILES string of the molecule is C[C@@H](NC(=O)Cc1cc2c(cn1)C(c1ccnc(C#N)c1)=NC2)c1ccc(F)cc1. The summed E-state index contributed by atoms with van der Waals surface area (Å²) >= 11 is 0. The highest BCUT2D eigenvalue weighted by molar-refractivity contribution is 6.15.